The number of hydrogen-bond donors (Lipinski definition) is 0. The van der Waals surface area contributed by atoms with Gasteiger partial charge in [-0.25, -0.2) is 9.18 Å². The molecule has 1 aliphatic rings. The SMILES string of the molecule is COC(=O)C1CC(Oc2ccccc2F)CN1C(=O)/C=C/c1ccco1. The van der Waals surface area contributed by atoms with Crippen LogP contribution in [0, 0.1) is 5.82 Å². The maximum atomic E-state index is 13.8. The summed E-state index contributed by atoms with van der Waals surface area (Å²) < 4.78 is 29.3. The van der Waals surface area contributed by atoms with Crippen LogP contribution >= 0.6 is 0 Å². The van der Waals surface area contributed by atoms with Crippen molar-refractivity contribution < 1.29 is 27.9 Å². The highest BCUT2D eigenvalue weighted by atomic mass is 19.1. The molecule has 0 saturated carbocycles. The number of rotatable bonds is 5. The van der Waals surface area contributed by atoms with E-state index in [1.807, 2.05) is 0 Å². The molecule has 2 aromatic rings. The van der Waals surface area contributed by atoms with E-state index in [4.69, 9.17) is 13.9 Å². The van der Waals surface area contributed by atoms with Gasteiger partial charge in [0.05, 0.1) is 19.9 Å². The summed E-state index contributed by atoms with van der Waals surface area (Å²) in [5.41, 5.74) is 0. The van der Waals surface area contributed by atoms with Crippen LogP contribution in [0.3, 0.4) is 0 Å². The molecule has 0 N–H and O–H groups in total. The van der Waals surface area contributed by atoms with Gasteiger partial charge in [0.15, 0.2) is 11.6 Å². The van der Waals surface area contributed by atoms with Crippen molar-refractivity contribution in [3.63, 3.8) is 0 Å². The van der Waals surface area contributed by atoms with Gasteiger partial charge in [0.25, 0.3) is 0 Å². The minimum atomic E-state index is -0.787. The van der Waals surface area contributed by atoms with Crippen molar-refractivity contribution in [3.8, 4) is 5.75 Å². The Labute approximate surface area is 149 Å². The fraction of sp³-hybridized carbons (Fsp3) is 0.263. The maximum Gasteiger partial charge on any atom is 0.328 e. The molecule has 2 atom stereocenters. The van der Waals surface area contributed by atoms with Crippen LogP contribution in [-0.2, 0) is 14.3 Å². The second-order valence-corrected chi connectivity index (χ2v) is 5.78. The molecule has 2 heterocycles. The number of furan rings is 1. The summed E-state index contributed by atoms with van der Waals surface area (Å²) in [7, 11) is 1.26. The van der Waals surface area contributed by atoms with E-state index < -0.39 is 23.9 Å². The summed E-state index contributed by atoms with van der Waals surface area (Å²) in [6.45, 7) is 0.148. The van der Waals surface area contributed by atoms with Gasteiger partial charge in [-0.05, 0) is 30.3 Å². The molecule has 6 nitrogen and oxygen atoms in total. The standard InChI is InChI=1S/C19H18FNO5/c1-24-19(23)16-11-14(26-17-7-3-2-6-15(17)20)12-21(16)18(22)9-8-13-5-4-10-25-13/h2-10,14,16H,11-12H2,1H3/b9-8+. The molecule has 3 rings (SSSR count). The number of carbonyl (C=O) groups is 2. The lowest BCUT2D eigenvalue weighted by atomic mass is 10.2. The molecule has 1 amide bonds. The van der Waals surface area contributed by atoms with Gasteiger partial charge in [0, 0.05) is 12.5 Å². The van der Waals surface area contributed by atoms with Crippen molar-refractivity contribution in [2.24, 2.45) is 0 Å². The topological polar surface area (TPSA) is 69.0 Å². The molecule has 2 unspecified atom stereocenters. The van der Waals surface area contributed by atoms with Crippen LogP contribution < -0.4 is 4.74 Å². The van der Waals surface area contributed by atoms with Gasteiger partial charge in [-0.3, -0.25) is 4.79 Å². The summed E-state index contributed by atoms with van der Waals surface area (Å²) in [4.78, 5) is 25.9. The number of nitrogens with zero attached hydrogens (tertiary/aromatic N) is 1. The van der Waals surface area contributed by atoms with Crippen LogP contribution in [0.2, 0.25) is 0 Å². The van der Waals surface area contributed by atoms with Crippen LogP contribution in [0.5, 0.6) is 5.75 Å². The first-order valence-electron chi connectivity index (χ1n) is 8.09. The molecule has 7 heteroatoms. The van der Waals surface area contributed by atoms with Gasteiger partial charge in [-0.15, -0.1) is 0 Å². The molecule has 1 aliphatic heterocycles. The molecule has 0 spiro atoms. The average molecular weight is 359 g/mol. The van der Waals surface area contributed by atoms with E-state index in [0.717, 1.165) is 0 Å². The normalized spacial score (nSPS) is 19.7. The number of ether oxygens (including phenoxy) is 2. The highest BCUT2D eigenvalue weighted by Crippen LogP contribution is 2.26. The zero-order valence-electron chi connectivity index (χ0n) is 14.1. The van der Waals surface area contributed by atoms with Crippen LogP contribution in [-0.4, -0.2) is 42.6 Å². The van der Waals surface area contributed by atoms with Crippen molar-refractivity contribution in [2.75, 3.05) is 13.7 Å². The van der Waals surface area contributed by atoms with Crippen LogP contribution in [0.15, 0.2) is 53.2 Å². The van der Waals surface area contributed by atoms with Crippen molar-refractivity contribution in [1.82, 2.24) is 4.90 Å². The van der Waals surface area contributed by atoms with E-state index in [1.165, 1.54) is 42.6 Å². The molecule has 0 aliphatic carbocycles. The van der Waals surface area contributed by atoms with Crippen molar-refractivity contribution in [1.29, 1.82) is 0 Å². The fourth-order valence-electron chi connectivity index (χ4n) is 2.84. The molecule has 0 bridgehead atoms. The summed E-state index contributed by atoms with van der Waals surface area (Å²) in [5.74, 6) is -0.807. The van der Waals surface area contributed by atoms with Crippen molar-refractivity contribution >= 4 is 18.0 Å². The van der Waals surface area contributed by atoms with Gasteiger partial charge >= 0.3 is 5.97 Å². The van der Waals surface area contributed by atoms with E-state index in [-0.39, 0.29) is 24.6 Å². The maximum absolute atomic E-state index is 13.8. The Morgan fingerprint density at radius 2 is 2.08 bits per heavy atom. The lowest BCUT2D eigenvalue weighted by Crippen LogP contribution is -2.40. The highest BCUT2D eigenvalue weighted by Gasteiger charge is 2.41. The second-order valence-electron chi connectivity index (χ2n) is 5.78. The number of amides is 1. The molecule has 26 heavy (non-hydrogen) atoms. The van der Waals surface area contributed by atoms with E-state index >= 15 is 0 Å². The van der Waals surface area contributed by atoms with Crippen LogP contribution in [0.25, 0.3) is 6.08 Å². The van der Waals surface area contributed by atoms with E-state index in [0.29, 0.717) is 5.76 Å². The van der Waals surface area contributed by atoms with Gasteiger partial charge in [-0.2, -0.15) is 0 Å². The van der Waals surface area contributed by atoms with Gasteiger partial charge in [0.1, 0.15) is 17.9 Å². The summed E-state index contributed by atoms with van der Waals surface area (Å²) in [6.07, 6.45) is 4.04. The first-order chi connectivity index (χ1) is 12.6. The minimum Gasteiger partial charge on any atom is -0.485 e. The smallest absolute Gasteiger partial charge is 0.328 e. The van der Waals surface area contributed by atoms with Gasteiger partial charge < -0.3 is 18.8 Å². The molecule has 136 valence electrons. The van der Waals surface area contributed by atoms with E-state index in [1.54, 1.807) is 24.3 Å². The molecule has 1 aromatic heterocycles. The number of para-hydroxylation sites is 1. The quantitative estimate of drug-likeness (QED) is 0.606. The molecule has 1 fully saturated rings. The number of carbonyl (C=O) groups excluding carboxylic acids is 2. The first-order valence-corrected chi connectivity index (χ1v) is 8.09. The minimum absolute atomic E-state index is 0.0848. The third-order valence-electron chi connectivity index (χ3n) is 4.08. The van der Waals surface area contributed by atoms with Gasteiger partial charge in [0.2, 0.25) is 5.91 Å². The number of methoxy groups -OCH3 is 1. The monoisotopic (exact) mass is 359 g/mol. The summed E-state index contributed by atoms with van der Waals surface area (Å²) >= 11 is 0. The van der Waals surface area contributed by atoms with Crippen molar-refractivity contribution in [2.45, 2.75) is 18.6 Å². The fourth-order valence-corrected chi connectivity index (χ4v) is 2.84. The Morgan fingerprint density at radius 1 is 1.27 bits per heavy atom. The van der Waals surface area contributed by atoms with Crippen LogP contribution in [0.4, 0.5) is 4.39 Å². The van der Waals surface area contributed by atoms with Crippen molar-refractivity contribution in [3.05, 3.63) is 60.3 Å². The Morgan fingerprint density at radius 3 is 2.77 bits per heavy atom. The predicted molar refractivity (Wildman–Crippen MR) is 90.7 cm³/mol. The number of benzene rings is 1. The average Bonchev–Trinajstić information content (AvgIpc) is 3.31. The molecular formula is C19H18FNO5. The number of halogens is 1. The van der Waals surface area contributed by atoms with E-state index in [9.17, 15) is 14.0 Å². The Kier molecular flexibility index (Phi) is 5.36. The lowest BCUT2D eigenvalue weighted by Gasteiger charge is -2.20. The number of esters is 1. The molecular weight excluding hydrogens is 341 g/mol. The number of likely N-dealkylation sites (tertiary alicyclic amines) is 1. The Balaban J connectivity index is 1.73. The highest BCUT2D eigenvalue weighted by molar-refractivity contribution is 5.94. The summed E-state index contributed by atoms with van der Waals surface area (Å²) in [5, 5.41) is 0. The Bertz CT molecular complexity index is 802. The second kappa shape index (κ2) is 7.86. The Hall–Kier alpha value is -3.09. The number of hydrogen-bond acceptors (Lipinski definition) is 5. The first kappa shape index (κ1) is 17.7. The molecule has 0 radical (unpaired) electrons. The van der Waals surface area contributed by atoms with E-state index in [2.05, 4.69) is 0 Å². The van der Waals surface area contributed by atoms with Crippen LogP contribution in [0.1, 0.15) is 12.2 Å². The third-order valence-corrected chi connectivity index (χ3v) is 4.08. The molecule has 1 saturated heterocycles. The van der Waals surface area contributed by atoms with Gasteiger partial charge in [-0.1, -0.05) is 12.1 Å². The summed E-state index contributed by atoms with van der Waals surface area (Å²) in [6, 6.07) is 8.63. The largest absolute Gasteiger partial charge is 0.485 e. The molecule has 1 aromatic carbocycles. The zero-order valence-corrected chi connectivity index (χ0v) is 14.1. The zero-order chi connectivity index (χ0) is 18.5. The lowest BCUT2D eigenvalue weighted by molar-refractivity contribution is -0.149. The predicted octanol–water partition coefficient (Wildman–Crippen LogP) is 2.65. The third kappa shape index (κ3) is 3.93.